The van der Waals surface area contributed by atoms with E-state index in [0.29, 0.717) is 6.54 Å². The highest BCUT2D eigenvalue weighted by Crippen LogP contribution is 2.20. The Morgan fingerprint density at radius 1 is 1.22 bits per heavy atom. The fourth-order valence-electron chi connectivity index (χ4n) is 2.36. The van der Waals surface area contributed by atoms with Crippen molar-refractivity contribution in [1.82, 2.24) is 4.90 Å². The maximum atomic E-state index is 12.6. The largest absolute Gasteiger partial charge is 0.392 e. The number of hydrogen-bond acceptors (Lipinski definition) is 4. The molecule has 0 heterocycles. The van der Waals surface area contributed by atoms with Gasteiger partial charge in [-0.2, -0.15) is 5.26 Å². The van der Waals surface area contributed by atoms with Crippen molar-refractivity contribution < 1.29 is 15.0 Å². The van der Waals surface area contributed by atoms with E-state index >= 15 is 0 Å². The number of rotatable bonds is 7. The molecule has 23 heavy (non-hydrogen) atoms. The molecule has 2 atom stereocenters. The lowest BCUT2D eigenvalue weighted by Gasteiger charge is -2.36. The van der Waals surface area contributed by atoms with Crippen molar-refractivity contribution in [2.45, 2.75) is 64.3 Å². The van der Waals surface area contributed by atoms with Crippen LogP contribution in [-0.2, 0) is 11.3 Å². The topological polar surface area (TPSA) is 84.6 Å². The molecular formula is C18H26N2O3. The number of nitrogens with zero attached hydrogens (tertiary/aromatic N) is 2. The van der Waals surface area contributed by atoms with E-state index in [1.54, 1.807) is 4.90 Å². The maximum Gasteiger partial charge on any atom is 0.225 e. The lowest BCUT2D eigenvalue weighted by Crippen LogP contribution is -2.46. The average molecular weight is 318 g/mol. The fraction of sp³-hybridized carbons (Fsp3) is 0.556. The van der Waals surface area contributed by atoms with Gasteiger partial charge in [0.25, 0.3) is 0 Å². The number of nitriles is 1. The Morgan fingerprint density at radius 3 is 2.35 bits per heavy atom. The van der Waals surface area contributed by atoms with Gasteiger partial charge in [0.15, 0.2) is 0 Å². The average Bonchev–Trinajstić information content (AvgIpc) is 2.44. The van der Waals surface area contributed by atoms with E-state index < -0.39 is 12.2 Å². The number of aliphatic hydroxyl groups is 2. The van der Waals surface area contributed by atoms with Crippen LogP contribution in [0.4, 0.5) is 0 Å². The molecule has 0 aliphatic heterocycles. The van der Waals surface area contributed by atoms with Crippen LogP contribution in [0.1, 0.15) is 45.6 Å². The molecule has 0 aliphatic carbocycles. The molecule has 0 spiro atoms. The first-order valence-electron chi connectivity index (χ1n) is 7.81. The van der Waals surface area contributed by atoms with E-state index in [-0.39, 0.29) is 30.7 Å². The molecule has 126 valence electrons. The summed E-state index contributed by atoms with van der Waals surface area (Å²) < 4.78 is 0. The van der Waals surface area contributed by atoms with Crippen LogP contribution in [0.2, 0.25) is 0 Å². The fourth-order valence-corrected chi connectivity index (χ4v) is 2.36. The van der Waals surface area contributed by atoms with E-state index in [9.17, 15) is 15.0 Å². The van der Waals surface area contributed by atoms with Crippen molar-refractivity contribution in [3.05, 3.63) is 35.9 Å². The highest BCUT2D eigenvalue weighted by molar-refractivity contribution is 5.77. The first kappa shape index (κ1) is 19.1. The van der Waals surface area contributed by atoms with Crippen LogP contribution >= 0.6 is 0 Å². The molecule has 1 amide bonds. The Balaban J connectivity index is 2.72. The van der Waals surface area contributed by atoms with Gasteiger partial charge in [-0.25, -0.2) is 0 Å². The molecule has 0 saturated heterocycles. The second kappa shape index (κ2) is 8.66. The highest BCUT2D eigenvalue weighted by Gasteiger charge is 2.28. The van der Waals surface area contributed by atoms with Gasteiger partial charge < -0.3 is 15.1 Å². The van der Waals surface area contributed by atoms with E-state index in [1.165, 1.54) is 0 Å². The summed E-state index contributed by atoms with van der Waals surface area (Å²) in [5.41, 5.74) is 0.646. The van der Waals surface area contributed by atoms with Crippen molar-refractivity contribution in [1.29, 1.82) is 5.26 Å². The SMILES string of the molecule is CC(C)(C)N(Cc1ccccc1)C(=O)CC(O)CC(O)CC#N. The molecule has 1 aromatic carbocycles. The molecule has 5 nitrogen and oxygen atoms in total. The summed E-state index contributed by atoms with van der Waals surface area (Å²) in [6.45, 7) is 6.32. The van der Waals surface area contributed by atoms with Gasteiger partial charge in [-0.15, -0.1) is 0 Å². The summed E-state index contributed by atoms with van der Waals surface area (Å²) in [5.74, 6) is -0.169. The van der Waals surface area contributed by atoms with Crippen molar-refractivity contribution in [2.24, 2.45) is 0 Å². The molecule has 0 saturated carbocycles. The lowest BCUT2D eigenvalue weighted by molar-refractivity contribution is -0.139. The van der Waals surface area contributed by atoms with Gasteiger partial charge in [0, 0.05) is 18.5 Å². The van der Waals surface area contributed by atoms with Crippen LogP contribution in [0.15, 0.2) is 30.3 Å². The van der Waals surface area contributed by atoms with Crippen LogP contribution < -0.4 is 0 Å². The standard InChI is InChI=1S/C18H26N2O3/c1-18(2,3)20(13-14-7-5-4-6-8-14)17(23)12-16(22)11-15(21)9-10-19/h4-8,15-16,21-22H,9,11-13H2,1-3H3. The number of benzene rings is 1. The van der Waals surface area contributed by atoms with E-state index in [1.807, 2.05) is 57.2 Å². The van der Waals surface area contributed by atoms with E-state index in [0.717, 1.165) is 5.56 Å². The first-order valence-corrected chi connectivity index (χ1v) is 7.81. The summed E-state index contributed by atoms with van der Waals surface area (Å²) in [6.07, 6.45) is -1.93. The second-order valence-electron chi connectivity index (χ2n) is 6.75. The van der Waals surface area contributed by atoms with E-state index in [2.05, 4.69) is 0 Å². The van der Waals surface area contributed by atoms with Crippen molar-refractivity contribution in [2.75, 3.05) is 0 Å². The van der Waals surface area contributed by atoms with Gasteiger partial charge in [-0.05, 0) is 26.3 Å². The van der Waals surface area contributed by atoms with Gasteiger partial charge >= 0.3 is 0 Å². The van der Waals surface area contributed by atoms with Crippen molar-refractivity contribution in [3.63, 3.8) is 0 Å². The summed E-state index contributed by atoms with van der Waals surface area (Å²) >= 11 is 0. The predicted molar refractivity (Wildman–Crippen MR) is 88.2 cm³/mol. The van der Waals surface area contributed by atoms with Crippen LogP contribution in [0.25, 0.3) is 0 Å². The van der Waals surface area contributed by atoms with Crippen molar-refractivity contribution >= 4 is 5.91 Å². The van der Waals surface area contributed by atoms with Crippen LogP contribution in [0, 0.1) is 11.3 Å². The normalized spacial score (nSPS) is 13.9. The minimum Gasteiger partial charge on any atom is -0.392 e. The van der Waals surface area contributed by atoms with Crippen molar-refractivity contribution in [3.8, 4) is 6.07 Å². The Morgan fingerprint density at radius 2 is 1.83 bits per heavy atom. The molecule has 0 aliphatic rings. The number of carbonyl (C=O) groups is 1. The number of carbonyl (C=O) groups excluding carboxylic acids is 1. The second-order valence-corrected chi connectivity index (χ2v) is 6.75. The third-order valence-corrected chi connectivity index (χ3v) is 3.58. The Labute approximate surface area is 138 Å². The number of hydrogen-bond donors (Lipinski definition) is 2. The first-order chi connectivity index (χ1) is 10.7. The lowest BCUT2D eigenvalue weighted by atomic mass is 10.0. The molecule has 0 fully saturated rings. The molecule has 2 N–H and O–H groups in total. The third-order valence-electron chi connectivity index (χ3n) is 3.58. The highest BCUT2D eigenvalue weighted by atomic mass is 16.3. The smallest absolute Gasteiger partial charge is 0.225 e. The third kappa shape index (κ3) is 6.81. The minimum atomic E-state index is -0.952. The summed E-state index contributed by atoms with van der Waals surface area (Å²) in [5, 5.41) is 28.1. The molecule has 0 aromatic heterocycles. The monoisotopic (exact) mass is 318 g/mol. The Bertz CT molecular complexity index is 531. The number of aliphatic hydroxyl groups excluding tert-OH is 2. The van der Waals surface area contributed by atoms with Crippen LogP contribution in [0.3, 0.4) is 0 Å². The molecule has 0 bridgehead atoms. The molecular weight excluding hydrogens is 292 g/mol. The summed E-state index contributed by atoms with van der Waals surface area (Å²) in [7, 11) is 0. The molecule has 2 unspecified atom stereocenters. The van der Waals surface area contributed by atoms with Gasteiger partial charge in [-0.3, -0.25) is 4.79 Å². The van der Waals surface area contributed by atoms with Gasteiger partial charge in [0.05, 0.1) is 31.1 Å². The van der Waals surface area contributed by atoms with Gasteiger partial charge in [0.2, 0.25) is 5.91 Å². The van der Waals surface area contributed by atoms with Crippen LogP contribution in [0.5, 0.6) is 0 Å². The van der Waals surface area contributed by atoms with Crippen LogP contribution in [-0.4, -0.2) is 38.8 Å². The Hall–Kier alpha value is -1.90. The molecule has 0 radical (unpaired) electrons. The Kier molecular flexibility index (Phi) is 7.21. The molecule has 5 heteroatoms. The zero-order valence-electron chi connectivity index (χ0n) is 14.1. The van der Waals surface area contributed by atoms with E-state index in [4.69, 9.17) is 5.26 Å². The quantitative estimate of drug-likeness (QED) is 0.807. The zero-order valence-corrected chi connectivity index (χ0v) is 14.1. The number of amides is 1. The molecule has 1 aromatic rings. The maximum absolute atomic E-state index is 12.6. The summed E-state index contributed by atoms with van der Waals surface area (Å²) in [6, 6.07) is 11.5. The van der Waals surface area contributed by atoms with Gasteiger partial charge in [-0.1, -0.05) is 30.3 Å². The zero-order chi connectivity index (χ0) is 17.5. The van der Waals surface area contributed by atoms with Gasteiger partial charge in [0.1, 0.15) is 0 Å². The summed E-state index contributed by atoms with van der Waals surface area (Å²) in [4.78, 5) is 14.3. The minimum absolute atomic E-state index is 0.0304. The molecule has 1 rings (SSSR count). The predicted octanol–water partition coefficient (Wildman–Crippen LogP) is 2.23.